The first-order chi connectivity index (χ1) is 9.10. The van der Waals surface area contributed by atoms with Crippen molar-refractivity contribution in [1.29, 1.82) is 0 Å². The number of aromatic carboxylic acids is 1. The number of aryl methyl sites for hydroxylation is 1. The maximum atomic E-state index is 13.5. The highest BCUT2D eigenvalue weighted by atomic mass is 19.1. The number of nitrogens with zero attached hydrogens (tertiary/aromatic N) is 2. The molecule has 0 amide bonds. The largest absolute Gasteiger partial charge is 0.478 e. The zero-order valence-corrected chi connectivity index (χ0v) is 10.4. The second-order valence-electron chi connectivity index (χ2n) is 4.06. The van der Waals surface area contributed by atoms with Crippen LogP contribution < -0.4 is 5.32 Å². The highest BCUT2D eigenvalue weighted by molar-refractivity contribution is 5.88. The molecular formula is C13H14FN3O2. The molecule has 0 atom stereocenters. The molecule has 19 heavy (non-hydrogen) atoms. The van der Waals surface area contributed by atoms with Crippen molar-refractivity contribution in [3.8, 4) is 0 Å². The van der Waals surface area contributed by atoms with E-state index in [-0.39, 0.29) is 11.3 Å². The Bertz CT molecular complexity index is 595. The second kappa shape index (κ2) is 5.51. The molecule has 1 heterocycles. The van der Waals surface area contributed by atoms with Gasteiger partial charge in [-0.2, -0.15) is 5.10 Å². The monoisotopic (exact) mass is 263 g/mol. The van der Waals surface area contributed by atoms with E-state index in [1.165, 1.54) is 12.1 Å². The van der Waals surface area contributed by atoms with E-state index in [9.17, 15) is 9.18 Å². The van der Waals surface area contributed by atoms with E-state index in [0.717, 1.165) is 18.2 Å². The highest BCUT2D eigenvalue weighted by Crippen LogP contribution is 2.17. The maximum absolute atomic E-state index is 13.5. The molecule has 0 aliphatic heterocycles. The minimum absolute atomic E-state index is 0.0492. The molecule has 0 bridgehead atoms. The summed E-state index contributed by atoms with van der Waals surface area (Å²) in [6.45, 7) is 3.13. The van der Waals surface area contributed by atoms with Gasteiger partial charge in [-0.3, -0.25) is 4.68 Å². The fourth-order valence-corrected chi connectivity index (χ4v) is 1.66. The van der Waals surface area contributed by atoms with Gasteiger partial charge < -0.3 is 10.4 Å². The van der Waals surface area contributed by atoms with Gasteiger partial charge in [0, 0.05) is 24.8 Å². The van der Waals surface area contributed by atoms with Gasteiger partial charge in [0.25, 0.3) is 0 Å². The molecule has 0 unspecified atom stereocenters. The number of nitrogens with one attached hydrogen (secondary N) is 1. The number of benzene rings is 1. The third-order valence-corrected chi connectivity index (χ3v) is 2.71. The Balaban J connectivity index is 2.10. The Hall–Kier alpha value is -2.37. The number of carbonyl (C=O) groups is 1. The molecule has 0 spiro atoms. The summed E-state index contributed by atoms with van der Waals surface area (Å²) >= 11 is 0. The van der Waals surface area contributed by atoms with Crippen LogP contribution in [-0.2, 0) is 13.1 Å². The van der Waals surface area contributed by atoms with Gasteiger partial charge >= 0.3 is 5.97 Å². The van der Waals surface area contributed by atoms with E-state index in [1.54, 1.807) is 10.9 Å². The number of hydrogen-bond donors (Lipinski definition) is 2. The third-order valence-electron chi connectivity index (χ3n) is 2.71. The predicted molar refractivity (Wildman–Crippen MR) is 68.6 cm³/mol. The lowest BCUT2D eigenvalue weighted by molar-refractivity contribution is 0.0697. The number of rotatable bonds is 5. The van der Waals surface area contributed by atoms with Crippen molar-refractivity contribution in [3.63, 3.8) is 0 Å². The van der Waals surface area contributed by atoms with Gasteiger partial charge in [0.05, 0.1) is 17.4 Å². The summed E-state index contributed by atoms with van der Waals surface area (Å²) in [6.07, 6.45) is 3.54. The average Bonchev–Trinajstić information content (AvgIpc) is 2.85. The fourth-order valence-electron chi connectivity index (χ4n) is 1.66. The smallest absolute Gasteiger partial charge is 0.335 e. The summed E-state index contributed by atoms with van der Waals surface area (Å²) in [4.78, 5) is 10.8. The van der Waals surface area contributed by atoms with Crippen LogP contribution in [0.15, 0.2) is 30.6 Å². The number of aromatic nitrogens is 2. The van der Waals surface area contributed by atoms with Crippen LogP contribution in [0, 0.1) is 5.82 Å². The molecule has 0 aliphatic carbocycles. The van der Waals surface area contributed by atoms with Gasteiger partial charge in [-0.1, -0.05) is 0 Å². The summed E-state index contributed by atoms with van der Waals surface area (Å²) in [5, 5.41) is 15.8. The van der Waals surface area contributed by atoms with Crippen molar-refractivity contribution in [2.75, 3.05) is 5.32 Å². The predicted octanol–water partition coefficient (Wildman–Crippen LogP) is 2.35. The first-order valence-electron chi connectivity index (χ1n) is 5.88. The van der Waals surface area contributed by atoms with Crippen LogP contribution in [-0.4, -0.2) is 20.9 Å². The van der Waals surface area contributed by atoms with Crippen LogP contribution >= 0.6 is 0 Å². The van der Waals surface area contributed by atoms with Crippen molar-refractivity contribution in [3.05, 3.63) is 47.5 Å². The molecule has 0 saturated heterocycles. The van der Waals surface area contributed by atoms with Gasteiger partial charge in [0.1, 0.15) is 5.82 Å². The highest BCUT2D eigenvalue weighted by Gasteiger charge is 2.08. The van der Waals surface area contributed by atoms with E-state index < -0.39 is 11.8 Å². The summed E-state index contributed by atoms with van der Waals surface area (Å²) in [7, 11) is 0. The Morgan fingerprint density at radius 3 is 2.95 bits per heavy atom. The summed E-state index contributed by atoms with van der Waals surface area (Å²) in [6, 6.07) is 3.65. The molecule has 0 fully saturated rings. The van der Waals surface area contributed by atoms with Gasteiger partial charge in [-0.15, -0.1) is 0 Å². The minimum Gasteiger partial charge on any atom is -0.478 e. The Morgan fingerprint density at radius 1 is 1.53 bits per heavy atom. The van der Waals surface area contributed by atoms with Crippen molar-refractivity contribution in [2.45, 2.75) is 20.0 Å². The molecule has 100 valence electrons. The van der Waals surface area contributed by atoms with Crippen molar-refractivity contribution in [1.82, 2.24) is 9.78 Å². The molecule has 0 saturated carbocycles. The second-order valence-corrected chi connectivity index (χ2v) is 4.06. The Labute approximate surface area is 109 Å². The topological polar surface area (TPSA) is 67.2 Å². The van der Waals surface area contributed by atoms with Crippen molar-refractivity contribution < 1.29 is 14.3 Å². The van der Waals surface area contributed by atoms with Gasteiger partial charge in [-0.25, -0.2) is 9.18 Å². The molecule has 1 aromatic carbocycles. The first-order valence-corrected chi connectivity index (χ1v) is 5.88. The zero-order valence-electron chi connectivity index (χ0n) is 10.4. The van der Waals surface area contributed by atoms with Crippen LogP contribution in [0.3, 0.4) is 0 Å². The number of anilines is 1. The molecule has 0 radical (unpaired) electrons. The maximum Gasteiger partial charge on any atom is 0.335 e. The van der Waals surface area contributed by atoms with E-state index in [4.69, 9.17) is 5.11 Å². The summed E-state index contributed by atoms with van der Waals surface area (Å²) in [5.74, 6) is -1.56. The van der Waals surface area contributed by atoms with E-state index in [0.29, 0.717) is 6.54 Å². The van der Waals surface area contributed by atoms with Crippen LogP contribution in [0.25, 0.3) is 0 Å². The molecule has 2 rings (SSSR count). The molecular weight excluding hydrogens is 249 g/mol. The van der Waals surface area contributed by atoms with Crippen LogP contribution in [0.1, 0.15) is 22.8 Å². The van der Waals surface area contributed by atoms with Crippen LogP contribution in [0.2, 0.25) is 0 Å². The standard InChI is InChI=1S/C13H14FN3O2/c1-2-17-8-9(7-16-17)6-15-12-5-10(13(18)19)3-4-11(12)14/h3-5,7-8,15H,2,6H2,1H3,(H,18,19). The fraction of sp³-hybridized carbons (Fsp3) is 0.231. The SMILES string of the molecule is CCn1cc(CNc2cc(C(=O)O)ccc2F)cn1. The third kappa shape index (κ3) is 3.09. The molecule has 0 aliphatic rings. The normalized spacial score (nSPS) is 10.4. The van der Waals surface area contributed by atoms with Crippen molar-refractivity contribution in [2.24, 2.45) is 0 Å². The van der Waals surface area contributed by atoms with Gasteiger partial charge in [0.2, 0.25) is 0 Å². The quantitative estimate of drug-likeness (QED) is 0.869. The molecule has 2 N–H and O–H groups in total. The zero-order chi connectivity index (χ0) is 13.8. The lowest BCUT2D eigenvalue weighted by Gasteiger charge is -2.07. The van der Waals surface area contributed by atoms with Crippen LogP contribution in [0.5, 0.6) is 0 Å². The lowest BCUT2D eigenvalue weighted by atomic mass is 10.2. The molecule has 2 aromatic rings. The molecule has 5 nitrogen and oxygen atoms in total. The molecule has 1 aromatic heterocycles. The van der Waals surface area contributed by atoms with Crippen LogP contribution in [0.4, 0.5) is 10.1 Å². The average molecular weight is 263 g/mol. The van der Waals surface area contributed by atoms with E-state index >= 15 is 0 Å². The summed E-state index contributed by atoms with van der Waals surface area (Å²) < 4.78 is 15.3. The minimum atomic E-state index is -1.08. The van der Waals surface area contributed by atoms with E-state index in [2.05, 4.69) is 10.4 Å². The Kier molecular flexibility index (Phi) is 3.79. The number of hydrogen-bond acceptors (Lipinski definition) is 3. The number of carboxylic acids is 1. The number of carboxylic acid groups (broad SMARTS) is 1. The van der Waals surface area contributed by atoms with Gasteiger partial charge in [-0.05, 0) is 25.1 Å². The first kappa shape index (κ1) is 13.1. The lowest BCUT2D eigenvalue weighted by Crippen LogP contribution is -2.04. The molecule has 6 heteroatoms. The number of halogens is 1. The van der Waals surface area contributed by atoms with E-state index in [1.807, 2.05) is 13.1 Å². The van der Waals surface area contributed by atoms with Crippen molar-refractivity contribution >= 4 is 11.7 Å². The summed E-state index contributed by atoms with van der Waals surface area (Å²) in [5.41, 5.74) is 1.12. The van der Waals surface area contributed by atoms with Gasteiger partial charge in [0.15, 0.2) is 0 Å². The Morgan fingerprint density at radius 2 is 2.32 bits per heavy atom.